The first kappa shape index (κ1) is 20.3. The van der Waals surface area contributed by atoms with E-state index < -0.39 is 29.8 Å². The number of benzene rings is 2. The maximum atomic E-state index is 12.9. The third-order valence-corrected chi connectivity index (χ3v) is 4.85. The molecule has 160 valence electrons. The van der Waals surface area contributed by atoms with Crippen molar-refractivity contribution in [2.45, 2.75) is 12.2 Å². The number of rotatable bonds is 5. The van der Waals surface area contributed by atoms with Gasteiger partial charge >= 0.3 is 5.76 Å². The zero-order chi connectivity index (χ0) is 22.1. The highest BCUT2D eigenvalue weighted by molar-refractivity contribution is 6.04. The largest absolute Gasteiger partial charge is 0.417 e. The van der Waals surface area contributed by atoms with Crippen molar-refractivity contribution in [3.63, 3.8) is 0 Å². The van der Waals surface area contributed by atoms with Gasteiger partial charge in [-0.05, 0) is 42.5 Å². The predicted molar refractivity (Wildman–Crippen MR) is 111 cm³/mol. The number of amides is 2. The van der Waals surface area contributed by atoms with Crippen molar-refractivity contribution < 1.29 is 23.8 Å². The van der Waals surface area contributed by atoms with Crippen LogP contribution < -0.4 is 21.7 Å². The number of hydrogen-bond acceptors (Lipinski definition) is 7. The van der Waals surface area contributed by atoms with Gasteiger partial charge in [0.2, 0.25) is 0 Å². The van der Waals surface area contributed by atoms with Crippen LogP contribution in [0.2, 0.25) is 0 Å². The van der Waals surface area contributed by atoms with E-state index >= 15 is 0 Å². The number of hydrogen-bond donors (Lipinski definition) is 5. The number of H-pyrrole nitrogens is 1. The Balaban J connectivity index is 1.48. The van der Waals surface area contributed by atoms with E-state index in [2.05, 4.69) is 10.3 Å². The summed E-state index contributed by atoms with van der Waals surface area (Å²) in [7, 11) is 0. The van der Waals surface area contributed by atoms with Gasteiger partial charge in [0.25, 0.3) is 11.8 Å². The summed E-state index contributed by atoms with van der Waals surface area (Å²) in [6.45, 7) is 0.317. The van der Waals surface area contributed by atoms with Crippen molar-refractivity contribution in [3.8, 4) is 0 Å². The Morgan fingerprint density at radius 3 is 2.71 bits per heavy atom. The van der Waals surface area contributed by atoms with Crippen LogP contribution in [0.3, 0.4) is 0 Å². The zero-order valence-electron chi connectivity index (χ0n) is 16.1. The van der Waals surface area contributed by atoms with Gasteiger partial charge in [-0.15, -0.1) is 0 Å². The number of nitrogen functional groups attached to an aromatic ring is 1. The van der Waals surface area contributed by atoms with Crippen molar-refractivity contribution in [3.05, 3.63) is 58.6 Å². The lowest BCUT2D eigenvalue weighted by atomic mass is 10.1. The van der Waals surface area contributed by atoms with Gasteiger partial charge in [-0.3, -0.25) is 20.0 Å². The summed E-state index contributed by atoms with van der Waals surface area (Å²) >= 11 is 0. The summed E-state index contributed by atoms with van der Waals surface area (Å²) < 4.78 is 10.3. The Hall–Kier alpha value is -3.96. The lowest BCUT2D eigenvalue weighted by molar-refractivity contribution is -0.150. The summed E-state index contributed by atoms with van der Waals surface area (Å²) in [4.78, 5) is 40.6. The van der Waals surface area contributed by atoms with Crippen LogP contribution in [0.5, 0.6) is 0 Å². The predicted octanol–water partition coefficient (Wildman–Crippen LogP) is 0.137. The first-order valence-electron chi connectivity index (χ1n) is 9.33. The Bertz CT molecular complexity index is 1210. The number of nitrogens with one attached hydrogen (secondary N) is 3. The Kier molecular flexibility index (Phi) is 5.28. The number of fused-ring (bicyclic) bond motifs is 1. The van der Waals surface area contributed by atoms with Gasteiger partial charge in [-0.1, -0.05) is 0 Å². The van der Waals surface area contributed by atoms with E-state index in [9.17, 15) is 19.5 Å². The first-order valence-corrected chi connectivity index (χ1v) is 9.33. The minimum atomic E-state index is -1.75. The van der Waals surface area contributed by atoms with E-state index in [0.29, 0.717) is 28.0 Å². The number of carbonyl (C=O) groups excluding carboxylic acids is 2. The van der Waals surface area contributed by atoms with Gasteiger partial charge in [-0.25, -0.2) is 4.79 Å². The van der Waals surface area contributed by atoms with Gasteiger partial charge < -0.3 is 30.2 Å². The number of ether oxygens (including phenoxy) is 1. The van der Waals surface area contributed by atoms with Crippen molar-refractivity contribution in [2.75, 3.05) is 23.4 Å². The molecule has 1 aliphatic rings. The maximum absolute atomic E-state index is 12.9. The zero-order valence-corrected chi connectivity index (χ0v) is 16.1. The van der Waals surface area contributed by atoms with Crippen LogP contribution in [-0.4, -0.2) is 53.1 Å². The lowest BCUT2D eigenvalue weighted by Gasteiger charge is -2.34. The minimum absolute atomic E-state index is 0.105. The smallest absolute Gasteiger partial charge is 0.408 e. The molecule has 2 heterocycles. The number of carbonyl (C=O) groups is 2. The molecule has 31 heavy (non-hydrogen) atoms. The van der Waals surface area contributed by atoms with E-state index in [1.807, 2.05) is 0 Å². The van der Waals surface area contributed by atoms with Gasteiger partial charge in [0.1, 0.15) is 5.84 Å². The Labute approximate surface area is 174 Å². The average Bonchev–Trinajstić information content (AvgIpc) is 3.13. The number of aromatic amines is 1. The van der Waals surface area contributed by atoms with Crippen LogP contribution in [0.1, 0.15) is 5.56 Å². The minimum Gasteiger partial charge on any atom is -0.408 e. The van der Waals surface area contributed by atoms with E-state index in [1.165, 1.54) is 17.0 Å². The molecule has 4 rings (SSSR count). The van der Waals surface area contributed by atoms with Crippen molar-refractivity contribution in [2.24, 2.45) is 5.73 Å². The molecular formula is C20H19N5O6. The monoisotopic (exact) mass is 425 g/mol. The number of morpholine rings is 1. The molecule has 1 saturated heterocycles. The van der Waals surface area contributed by atoms with Crippen LogP contribution in [0, 0.1) is 5.41 Å². The fourth-order valence-corrected chi connectivity index (χ4v) is 3.28. The molecule has 11 heteroatoms. The molecular weight excluding hydrogens is 406 g/mol. The molecule has 0 aliphatic carbocycles. The molecule has 0 radical (unpaired) electrons. The Morgan fingerprint density at radius 2 is 2.00 bits per heavy atom. The number of oxazole rings is 1. The third kappa shape index (κ3) is 4.04. The highest BCUT2D eigenvalue weighted by Gasteiger charge is 2.39. The van der Waals surface area contributed by atoms with Crippen molar-refractivity contribution in [1.29, 1.82) is 5.41 Å². The second-order valence-electron chi connectivity index (χ2n) is 6.90. The molecule has 1 aromatic heterocycles. The number of aromatic nitrogens is 1. The standard InChI is InChI=1S/C20H19N5O6/c21-17(22)10-1-3-11(4-2-10)23-18(27)15(26)16-19(28)25(7-8-30-16)12-5-6-14-13(9-12)24-20(29)31-14/h1-6,9,15-16,26H,7-8H2,(H3,21,22)(H,23,27)(H,24,29)/t15?,16-/m1/s1. The van der Waals surface area contributed by atoms with E-state index in [0.717, 1.165) is 0 Å². The van der Waals surface area contributed by atoms with E-state index in [1.54, 1.807) is 30.3 Å². The number of nitrogens with zero attached hydrogens (tertiary/aromatic N) is 1. The molecule has 2 amide bonds. The highest BCUT2D eigenvalue weighted by atomic mass is 16.5. The van der Waals surface area contributed by atoms with Gasteiger partial charge in [-0.2, -0.15) is 0 Å². The summed E-state index contributed by atoms with van der Waals surface area (Å²) in [5, 5.41) is 20.3. The van der Waals surface area contributed by atoms with Crippen LogP contribution in [0.15, 0.2) is 51.7 Å². The topological polar surface area (TPSA) is 175 Å². The summed E-state index contributed by atoms with van der Waals surface area (Å²) in [6.07, 6.45) is -3.15. The fraction of sp³-hybridized carbons (Fsp3) is 0.200. The molecule has 11 nitrogen and oxygen atoms in total. The number of amidine groups is 1. The molecule has 2 aromatic carbocycles. The molecule has 1 unspecified atom stereocenters. The molecule has 1 aliphatic heterocycles. The van der Waals surface area contributed by atoms with Gasteiger partial charge in [0.05, 0.1) is 12.1 Å². The van der Waals surface area contributed by atoms with Crippen molar-refractivity contribution in [1.82, 2.24) is 4.98 Å². The van der Waals surface area contributed by atoms with Gasteiger partial charge in [0, 0.05) is 23.5 Å². The fourth-order valence-electron chi connectivity index (χ4n) is 3.28. The normalized spacial score (nSPS) is 17.5. The molecule has 0 spiro atoms. The third-order valence-electron chi connectivity index (χ3n) is 4.85. The molecule has 6 N–H and O–H groups in total. The van der Waals surface area contributed by atoms with E-state index in [4.69, 9.17) is 20.3 Å². The second-order valence-corrected chi connectivity index (χ2v) is 6.90. The molecule has 0 saturated carbocycles. The second kappa shape index (κ2) is 8.05. The molecule has 0 bridgehead atoms. The van der Waals surface area contributed by atoms with E-state index in [-0.39, 0.29) is 19.0 Å². The summed E-state index contributed by atoms with van der Waals surface area (Å²) in [6, 6.07) is 10.9. The van der Waals surface area contributed by atoms with Crippen LogP contribution in [0.25, 0.3) is 11.1 Å². The van der Waals surface area contributed by atoms with Crippen molar-refractivity contribution >= 4 is 40.1 Å². The molecule has 3 aromatic rings. The first-order chi connectivity index (χ1) is 14.8. The number of aliphatic hydroxyl groups excluding tert-OH is 1. The van der Waals surface area contributed by atoms with Crippen LogP contribution in [-0.2, 0) is 14.3 Å². The van der Waals surface area contributed by atoms with Crippen LogP contribution in [0.4, 0.5) is 11.4 Å². The quantitative estimate of drug-likeness (QED) is 0.285. The SMILES string of the molecule is N=C(N)c1ccc(NC(=O)C(O)[C@H]2OCCN(c3ccc4oc(=O)[nH]c4c3)C2=O)cc1. The Morgan fingerprint density at radius 1 is 1.26 bits per heavy atom. The average molecular weight is 425 g/mol. The summed E-state index contributed by atoms with van der Waals surface area (Å²) in [5.74, 6) is -2.13. The lowest BCUT2D eigenvalue weighted by Crippen LogP contribution is -2.55. The van der Waals surface area contributed by atoms with Crippen LogP contribution >= 0.6 is 0 Å². The number of anilines is 2. The number of nitrogens with two attached hydrogens (primary N) is 1. The maximum Gasteiger partial charge on any atom is 0.417 e. The molecule has 2 atom stereocenters. The number of aliphatic hydroxyl groups is 1. The van der Waals surface area contributed by atoms with Gasteiger partial charge in [0.15, 0.2) is 17.8 Å². The molecule has 1 fully saturated rings. The highest BCUT2D eigenvalue weighted by Crippen LogP contribution is 2.24. The summed E-state index contributed by atoms with van der Waals surface area (Å²) in [5.41, 5.74) is 7.48.